The molecule has 1 nitrogen and oxygen atoms in total. The van der Waals surface area contributed by atoms with Crippen LogP contribution in [0.25, 0.3) is 0 Å². The van der Waals surface area contributed by atoms with Crippen LogP contribution in [0.3, 0.4) is 0 Å². The maximum atomic E-state index is 5.77. The first kappa shape index (κ1) is 9.72. The van der Waals surface area contributed by atoms with Crippen molar-refractivity contribution >= 4 is 0 Å². The minimum atomic E-state index is 0.288. The van der Waals surface area contributed by atoms with Crippen molar-refractivity contribution in [1.82, 2.24) is 0 Å². The highest BCUT2D eigenvalue weighted by atomic mass is 16.5. The average Bonchev–Trinajstić information content (AvgIpc) is 2.90. The van der Waals surface area contributed by atoms with Gasteiger partial charge in [0, 0.05) is 12.0 Å². The van der Waals surface area contributed by atoms with Crippen molar-refractivity contribution in [3.63, 3.8) is 0 Å². The molecule has 0 radical (unpaired) electrons. The van der Waals surface area contributed by atoms with Gasteiger partial charge in [0.25, 0.3) is 0 Å². The van der Waals surface area contributed by atoms with Gasteiger partial charge < -0.3 is 4.74 Å². The van der Waals surface area contributed by atoms with Crippen LogP contribution in [0, 0.1) is 0 Å². The maximum Gasteiger partial charge on any atom is 0.0679 e. The lowest BCUT2D eigenvalue weighted by Gasteiger charge is -2.11. The van der Waals surface area contributed by atoms with Gasteiger partial charge in [0.15, 0.2) is 0 Å². The van der Waals surface area contributed by atoms with Crippen LogP contribution in [0.2, 0.25) is 0 Å². The summed E-state index contributed by atoms with van der Waals surface area (Å²) < 4.78 is 5.77. The van der Waals surface area contributed by atoms with Gasteiger partial charge in [-0.25, -0.2) is 0 Å². The standard InChI is InChI=1S/C13H18O/c1-3-9-14-12-10-13(12,2)11-7-5-4-6-8-11/h4-8,12H,3,9-10H2,1-2H3/t12-,13+/m0/s1. The maximum absolute atomic E-state index is 5.77. The largest absolute Gasteiger partial charge is 0.377 e. The molecule has 0 saturated heterocycles. The lowest BCUT2D eigenvalue weighted by molar-refractivity contribution is 0.106. The Morgan fingerprint density at radius 1 is 1.36 bits per heavy atom. The van der Waals surface area contributed by atoms with Gasteiger partial charge in [0.05, 0.1) is 6.10 Å². The number of ether oxygens (including phenoxy) is 1. The van der Waals surface area contributed by atoms with Crippen molar-refractivity contribution in [2.45, 2.75) is 38.2 Å². The number of rotatable bonds is 4. The molecule has 0 aliphatic heterocycles. The van der Waals surface area contributed by atoms with Gasteiger partial charge in [-0.15, -0.1) is 0 Å². The lowest BCUT2D eigenvalue weighted by Crippen LogP contribution is -2.10. The quantitative estimate of drug-likeness (QED) is 0.708. The molecular weight excluding hydrogens is 172 g/mol. The molecule has 1 aliphatic rings. The Kier molecular flexibility index (Phi) is 2.60. The molecule has 0 amide bonds. The zero-order valence-corrected chi connectivity index (χ0v) is 8.99. The van der Waals surface area contributed by atoms with E-state index in [2.05, 4.69) is 44.2 Å². The van der Waals surface area contributed by atoms with Crippen LogP contribution in [0.15, 0.2) is 30.3 Å². The van der Waals surface area contributed by atoms with Gasteiger partial charge in [0.1, 0.15) is 0 Å². The third kappa shape index (κ3) is 1.69. The summed E-state index contributed by atoms with van der Waals surface area (Å²) in [6, 6.07) is 10.7. The topological polar surface area (TPSA) is 9.23 Å². The van der Waals surface area contributed by atoms with Crippen molar-refractivity contribution in [1.29, 1.82) is 0 Å². The minimum Gasteiger partial charge on any atom is -0.377 e. The second-order valence-corrected chi connectivity index (χ2v) is 4.35. The predicted octanol–water partition coefficient (Wildman–Crippen LogP) is 3.14. The molecule has 2 rings (SSSR count). The molecule has 1 saturated carbocycles. The second-order valence-electron chi connectivity index (χ2n) is 4.35. The predicted molar refractivity (Wildman–Crippen MR) is 58.4 cm³/mol. The molecule has 76 valence electrons. The number of hydrogen-bond donors (Lipinski definition) is 0. The van der Waals surface area contributed by atoms with Crippen molar-refractivity contribution in [2.24, 2.45) is 0 Å². The van der Waals surface area contributed by atoms with Crippen LogP contribution in [0.4, 0.5) is 0 Å². The van der Waals surface area contributed by atoms with E-state index in [1.165, 1.54) is 12.0 Å². The molecule has 1 aromatic rings. The molecule has 1 aliphatic carbocycles. The van der Waals surface area contributed by atoms with E-state index >= 15 is 0 Å². The first-order valence-corrected chi connectivity index (χ1v) is 5.44. The zero-order valence-electron chi connectivity index (χ0n) is 8.99. The van der Waals surface area contributed by atoms with Crippen LogP contribution >= 0.6 is 0 Å². The SMILES string of the molecule is CCCO[C@H]1C[C@]1(C)c1ccccc1. The van der Waals surface area contributed by atoms with E-state index in [-0.39, 0.29) is 5.41 Å². The normalized spacial score (nSPS) is 30.3. The Hall–Kier alpha value is -0.820. The van der Waals surface area contributed by atoms with Crippen LogP contribution in [-0.4, -0.2) is 12.7 Å². The van der Waals surface area contributed by atoms with Crippen LogP contribution in [0.5, 0.6) is 0 Å². The zero-order chi connectivity index (χ0) is 10.0. The summed E-state index contributed by atoms with van der Waals surface area (Å²) in [5, 5.41) is 0. The van der Waals surface area contributed by atoms with Gasteiger partial charge in [-0.3, -0.25) is 0 Å². The molecule has 2 atom stereocenters. The minimum absolute atomic E-state index is 0.288. The van der Waals surface area contributed by atoms with Crippen LogP contribution < -0.4 is 0 Å². The summed E-state index contributed by atoms with van der Waals surface area (Å²) in [5.41, 5.74) is 1.71. The molecule has 0 bridgehead atoms. The van der Waals surface area contributed by atoms with Gasteiger partial charge in [0.2, 0.25) is 0 Å². The van der Waals surface area contributed by atoms with Crippen molar-refractivity contribution in [3.05, 3.63) is 35.9 Å². The molecule has 0 aromatic heterocycles. The molecule has 0 unspecified atom stereocenters. The van der Waals surface area contributed by atoms with Crippen molar-refractivity contribution < 1.29 is 4.74 Å². The first-order chi connectivity index (χ1) is 6.77. The lowest BCUT2D eigenvalue weighted by atomic mass is 9.98. The van der Waals surface area contributed by atoms with E-state index in [1.54, 1.807) is 0 Å². The third-order valence-corrected chi connectivity index (χ3v) is 3.12. The van der Waals surface area contributed by atoms with E-state index in [4.69, 9.17) is 4.74 Å². The van der Waals surface area contributed by atoms with E-state index in [9.17, 15) is 0 Å². The third-order valence-electron chi connectivity index (χ3n) is 3.12. The van der Waals surface area contributed by atoms with Crippen molar-refractivity contribution in [2.75, 3.05) is 6.61 Å². The highest BCUT2D eigenvalue weighted by Gasteiger charge is 2.52. The van der Waals surface area contributed by atoms with E-state index in [0.29, 0.717) is 6.10 Å². The van der Waals surface area contributed by atoms with Gasteiger partial charge in [-0.05, 0) is 18.4 Å². The molecule has 0 spiro atoms. The molecular formula is C13H18O. The monoisotopic (exact) mass is 190 g/mol. The van der Waals surface area contributed by atoms with Crippen LogP contribution in [0.1, 0.15) is 32.3 Å². The molecule has 1 aromatic carbocycles. The van der Waals surface area contributed by atoms with E-state index in [0.717, 1.165) is 13.0 Å². The Labute approximate surface area is 86.1 Å². The van der Waals surface area contributed by atoms with Crippen molar-refractivity contribution in [3.8, 4) is 0 Å². The summed E-state index contributed by atoms with van der Waals surface area (Å²) in [6.45, 7) is 5.35. The molecule has 1 fully saturated rings. The summed E-state index contributed by atoms with van der Waals surface area (Å²) >= 11 is 0. The summed E-state index contributed by atoms with van der Waals surface area (Å²) in [6.07, 6.45) is 2.74. The summed E-state index contributed by atoms with van der Waals surface area (Å²) in [5.74, 6) is 0. The molecule has 0 N–H and O–H groups in total. The van der Waals surface area contributed by atoms with Crippen LogP contribution in [-0.2, 0) is 10.2 Å². The first-order valence-electron chi connectivity index (χ1n) is 5.44. The summed E-state index contributed by atoms with van der Waals surface area (Å²) in [7, 11) is 0. The molecule has 1 heteroatoms. The van der Waals surface area contributed by atoms with Gasteiger partial charge >= 0.3 is 0 Å². The highest BCUT2D eigenvalue weighted by molar-refractivity contribution is 5.33. The Bertz CT molecular complexity index is 293. The molecule has 0 heterocycles. The van der Waals surface area contributed by atoms with E-state index < -0.39 is 0 Å². The number of benzene rings is 1. The fourth-order valence-electron chi connectivity index (χ4n) is 1.95. The smallest absolute Gasteiger partial charge is 0.0679 e. The van der Waals surface area contributed by atoms with E-state index in [1.807, 2.05) is 0 Å². The number of hydrogen-bond acceptors (Lipinski definition) is 1. The second kappa shape index (κ2) is 3.74. The fourth-order valence-corrected chi connectivity index (χ4v) is 1.95. The van der Waals surface area contributed by atoms with Gasteiger partial charge in [-0.1, -0.05) is 44.2 Å². The Balaban J connectivity index is 2.00. The Morgan fingerprint density at radius 3 is 2.71 bits per heavy atom. The summed E-state index contributed by atoms with van der Waals surface area (Å²) in [4.78, 5) is 0. The van der Waals surface area contributed by atoms with Gasteiger partial charge in [-0.2, -0.15) is 0 Å². The Morgan fingerprint density at radius 2 is 2.07 bits per heavy atom. The highest BCUT2D eigenvalue weighted by Crippen LogP contribution is 2.49. The average molecular weight is 190 g/mol. The molecule has 14 heavy (non-hydrogen) atoms. The fraction of sp³-hybridized carbons (Fsp3) is 0.538.